The van der Waals surface area contributed by atoms with E-state index in [1.54, 1.807) is 24.3 Å². The molecule has 0 aliphatic heterocycles. The summed E-state index contributed by atoms with van der Waals surface area (Å²) in [6.45, 7) is 9.69. The maximum absolute atomic E-state index is 13.0. The lowest BCUT2D eigenvalue weighted by Gasteiger charge is -2.33. The predicted octanol–water partition coefficient (Wildman–Crippen LogP) is 5.48. The molecule has 0 unspecified atom stereocenters. The summed E-state index contributed by atoms with van der Waals surface area (Å²) < 4.78 is 38.5. The molecule has 10 heteroatoms. The molecular formula is C25H34F3N5O2. The zero-order chi connectivity index (χ0) is 26.0. The Hall–Kier alpha value is -3.27. The number of halogens is 3. The first-order valence-corrected chi connectivity index (χ1v) is 11.6. The number of nitrogens with one attached hydrogen (secondary N) is 3. The average molecular weight is 494 g/mol. The minimum Gasteiger partial charge on any atom is -0.336 e. The summed E-state index contributed by atoms with van der Waals surface area (Å²) in [6.07, 6.45) is -4.45. The van der Waals surface area contributed by atoms with Gasteiger partial charge in [0, 0.05) is 49.6 Å². The first-order chi connectivity index (χ1) is 16.5. The van der Waals surface area contributed by atoms with Gasteiger partial charge in [-0.3, -0.25) is 4.90 Å². The number of nitrogens with zero attached hydrogens (tertiary/aromatic N) is 2. The van der Waals surface area contributed by atoms with E-state index >= 15 is 0 Å². The highest BCUT2D eigenvalue weighted by Crippen LogP contribution is 2.29. The Morgan fingerprint density at radius 1 is 0.800 bits per heavy atom. The zero-order valence-corrected chi connectivity index (χ0v) is 20.5. The van der Waals surface area contributed by atoms with Crippen molar-refractivity contribution >= 4 is 23.4 Å². The van der Waals surface area contributed by atoms with E-state index in [0.29, 0.717) is 18.8 Å². The lowest BCUT2D eigenvalue weighted by atomic mass is 10.2. The van der Waals surface area contributed by atoms with Crippen LogP contribution in [0.3, 0.4) is 0 Å². The van der Waals surface area contributed by atoms with E-state index in [1.807, 2.05) is 6.07 Å². The Morgan fingerprint density at radius 2 is 1.37 bits per heavy atom. The van der Waals surface area contributed by atoms with Crippen molar-refractivity contribution < 1.29 is 22.8 Å². The summed E-state index contributed by atoms with van der Waals surface area (Å²) in [7, 11) is 0. The van der Waals surface area contributed by atoms with Crippen LogP contribution < -0.4 is 16.0 Å². The molecule has 0 saturated carbocycles. The third kappa shape index (κ3) is 9.48. The average Bonchev–Trinajstić information content (AvgIpc) is 2.78. The molecule has 35 heavy (non-hydrogen) atoms. The van der Waals surface area contributed by atoms with E-state index in [1.165, 1.54) is 17.0 Å². The van der Waals surface area contributed by atoms with Crippen molar-refractivity contribution in [1.29, 1.82) is 0 Å². The number of para-hydroxylation sites is 1. The number of alkyl halides is 3. The molecule has 0 bridgehead atoms. The first kappa shape index (κ1) is 28.0. The number of anilines is 2. The highest BCUT2D eigenvalue weighted by atomic mass is 19.4. The molecule has 2 aromatic carbocycles. The molecule has 2 rings (SSSR count). The van der Waals surface area contributed by atoms with E-state index in [4.69, 9.17) is 0 Å². The summed E-state index contributed by atoms with van der Waals surface area (Å²) in [5.41, 5.74) is 0.115. The Labute approximate surface area is 204 Å². The van der Waals surface area contributed by atoms with Gasteiger partial charge in [-0.2, -0.15) is 13.2 Å². The molecule has 0 spiro atoms. The molecule has 0 aliphatic rings. The quantitative estimate of drug-likeness (QED) is 0.410. The second-order valence-corrected chi connectivity index (χ2v) is 8.66. The normalized spacial score (nSPS) is 11.6. The van der Waals surface area contributed by atoms with Gasteiger partial charge in [-0.05, 0) is 64.1 Å². The van der Waals surface area contributed by atoms with Gasteiger partial charge in [-0.1, -0.05) is 18.2 Å². The van der Waals surface area contributed by atoms with Crippen LogP contribution in [0.1, 0.15) is 33.3 Å². The second-order valence-electron chi connectivity index (χ2n) is 8.66. The SMILES string of the molecule is CC(C)N(CCN(CCNC(=O)Nc1ccccc1)C(=O)Nc1ccc(C(F)(F)F)cc1)C(C)C. The number of urea groups is 2. The Morgan fingerprint density at radius 3 is 1.91 bits per heavy atom. The second kappa shape index (κ2) is 13.0. The van der Waals surface area contributed by atoms with Crippen LogP contribution in [-0.4, -0.2) is 60.1 Å². The van der Waals surface area contributed by atoms with Crippen molar-refractivity contribution in [2.75, 3.05) is 36.8 Å². The zero-order valence-electron chi connectivity index (χ0n) is 20.5. The topological polar surface area (TPSA) is 76.7 Å². The molecule has 4 amide bonds. The fourth-order valence-electron chi connectivity index (χ4n) is 3.61. The summed E-state index contributed by atoms with van der Waals surface area (Å²) in [5, 5.41) is 8.09. The molecule has 0 heterocycles. The molecule has 7 nitrogen and oxygen atoms in total. The molecule has 0 saturated heterocycles. The summed E-state index contributed by atoms with van der Waals surface area (Å²) in [4.78, 5) is 28.9. The van der Waals surface area contributed by atoms with Gasteiger partial charge in [0.15, 0.2) is 0 Å². The van der Waals surface area contributed by atoms with Gasteiger partial charge in [0.05, 0.1) is 5.56 Å². The van der Waals surface area contributed by atoms with Crippen LogP contribution in [0, 0.1) is 0 Å². The number of hydrogen-bond donors (Lipinski definition) is 3. The Balaban J connectivity index is 2.01. The maximum atomic E-state index is 13.0. The van der Waals surface area contributed by atoms with Crippen molar-refractivity contribution in [1.82, 2.24) is 15.1 Å². The number of rotatable bonds is 10. The van der Waals surface area contributed by atoms with E-state index in [9.17, 15) is 22.8 Å². The van der Waals surface area contributed by atoms with Gasteiger partial charge in [0.2, 0.25) is 0 Å². The standard InChI is InChI=1S/C25H34F3N5O2/c1-18(2)33(19(3)4)17-16-32(15-14-29-23(34)30-21-8-6-5-7-9-21)24(35)31-22-12-10-20(11-13-22)25(26,27)28/h5-13,18-19H,14-17H2,1-4H3,(H,31,35)(H2,29,30,34). The van der Waals surface area contributed by atoms with Crippen molar-refractivity contribution in [3.05, 3.63) is 60.2 Å². The Bertz CT molecular complexity index is 926. The molecule has 0 radical (unpaired) electrons. The summed E-state index contributed by atoms with van der Waals surface area (Å²) in [5.74, 6) is 0. The van der Waals surface area contributed by atoms with Gasteiger partial charge in [0.1, 0.15) is 0 Å². The first-order valence-electron chi connectivity index (χ1n) is 11.6. The molecule has 0 aromatic heterocycles. The van der Waals surface area contributed by atoms with Crippen molar-refractivity contribution in [2.24, 2.45) is 0 Å². The lowest BCUT2D eigenvalue weighted by molar-refractivity contribution is -0.137. The largest absolute Gasteiger partial charge is 0.416 e. The number of hydrogen-bond acceptors (Lipinski definition) is 3. The van der Waals surface area contributed by atoms with Gasteiger partial charge in [-0.15, -0.1) is 0 Å². The van der Waals surface area contributed by atoms with Gasteiger partial charge >= 0.3 is 18.2 Å². The van der Waals surface area contributed by atoms with E-state index in [2.05, 4.69) is 48.5 Å². The third-order valence-electron chi connectivity index (χ3n) is 5.40. The van der Waals surface area contributed by atoms with Crippen LogP contribution in [0.4, 0.5) is 34.1 Å². The van der Waals surface area contributed by atoms with Crippen LogP contribution >= 0.6 is 0 Å². The third-order valence-corrected chi connectivity index (χ3v) is 5.40. The van der Waals surface area contributed by atoms with Crippen molar-refractivity contribution in [2.45, 2.75) is 46.0 Å². The Kier molecular flexibility index (Phi) is 10.4. The van der Waals surface area contributed by atoms with Gasteiger partial charge in [0.25, 0.3) is 0 Å². The molecule has 0 atom stereocenters. The predicted molar refractivity (Wildman–Crippen MR) is 132 cm³/mol. The molecule has 2 aromatic rings. The van der Waals surface area contributed by atoms with E-state index < -0.39 is 23.8 Å². The molecule has 0 aliphatic carbocycles. The van der Waals surface area contributed by atoms with Crippen LogP contribution in [0.5, 0.6) is 0 Å². The smallest absolute Gasteiger partial charge is 0.336 e. The molecule has 192 valence electrons. The summed E-state index contributed by atoms with van der Waals surface area (Å²) in [6, 6.07) is 12.9. The van der Waals surface area contributed by atoms with Crippen LogP contribution in [0.15, 0.2) is 54.6 Å². The van der Waals surface area contributed by atoms with E-state index in [-0.39, 0.29) is 30.9 Å². The van der Waals surface area contributed by atoms with Crippen LogP contribution in [0.2, 0.25) is 0 Å². The number of carbonyl (C=O) groups excluding carboxylic acids is 2. The molecular weight excluding hydrogens is 459 g/mol. The van der Waals surface area contributed by atoms with Gasteiger partial charge < -0.3 is 20.9 Å². The maximum Gasteiger partial charge on any atom is 0.416 e. The minimum absolute atomic E-state index is 0.197. The molecule has 0 fully saturated rings. The van der Waals surface area contributed by atoms with Crippen molar-refractivity contribution in [3.8, 4) is 0 Å². The fraction of sp³-hybridized carbons (Fsp3) is 0.440. The van der Waals surface area contributed by atoms with Gasteiger partial charge in [-0.25, -0.2) is 9.59 Å². The van der Waals surface area contributed by atoms with E-state index in [0.717, 1.165) is 12.1 Å². The number of carbonyl (C=O) groups is 2. The number of benzene rings is 2. The molecule has 3 N–H and O–H groups in total. The van der Waals surface area contributed by atoms with Crippen LogP contribution in [0.25, 0.3) is 0 Å². The number of amides is 4. The highest BCUT2D eigenvalue weighted by molar-refractivity contribution is 5.90. The minimum atomic E-state index is -4.45. The van der Waals surface area contributed by atoms with Crippen molar-refractivity contribution in [3.63, 3.8) is 0 Å². The summed E-state index contributed by atoms with van der Waals surface area (Å²) >= 11 is 0. The highest BCUT2D eigenvalue weighted by Gasteiger charge is 2.30. The fourth-order valence-corrected chi connectivity index (χ4v) is 3.61. The van der Waals surface area contributed by atoms with Crippen LogP contribution in [-0.2, 0) is 6.18 Å². The lowest BCUT2D eigenvalue weighted by Crippen LogP contribution is -2.47. The monoisotopic (exact) mass is 493 g/mol.